The molecule has 3 N–H and O–H groups in total. The summed E-state index contributed by atoms with van der Waals surface area (Å²) in [5.41, 5.74) is -4.20. The molecule has 3 heterocycles. The highest BCUT2D eigenvalue weighted by Crippen LogP contribution is 2.48. The summed E-state index contributed by atoms with van der Waals surface area (Å²) in [6, 6.07) is 3.91. The molecule has 15 nitrogen and oxygen atoms in total. The van der Waals surface area contributed by atoms with E-state index < -0.39 is 92.3 Å². The summed E-state index contributed by atoms with van der Waals surface area (Å²) in [4.78, 5) is 65.2. The van der Waals surface area contributed by atoms with Gasteiger partial charge in [-0.1, -0.05) is 26.0 Å². The fourth-order valence-corrected chi connectivity index (χ4v) is 10.0. The summed E-state index contributed by atoms with van der Waals surface area (Å²) in [6.45, 7) is 4.70. The number of ether oxygens (including phenoxy) is 2. The van der Waals surface area contributed by atoms with Crippen molar-refractivity contribution in [3.05, 3.63) is 36.4 Å². The molecule has 1 saturated heterocycles. The largest absolute Gasteiger partial charge is 0.497 e. The van der Waals surface area contributed by atoms with Crippen molar-refractivity contribution in [3.8, 4) is 11.6 Å². The summed E-state index contributed by atoms with van der Waals surface area (Å²) in [7, 11) is 0.607. The fourth-order valence-electron chi connectivity index (χ4n) is 8.61. The van der Waals surface area contributed by atoms with E-state index in [-0.39, 0.29) is 50.4 Å². The van der Waals surface area contributed by atoms with Crippen molar-refractivity contribution >= 4 is 50.4 Å². The number of allylic oxidation sites excluding steroid dienone is 1. The number of benzene rings is 1. The number of sulfonamides is 1. The van der Waals surface area contributed by atoms with Crippen molar-refractivity contribution < 1.29 is 55.3 Å². The Bertz CT molecular complexity index is 2200. The summed E-state index contributed by atoms with van der Waals surface area (Å²) in [6.07, 6.45) is 1.90. The zero-order valence-electron chi connectivity index (χ0n) is 35.8. The lowest BCUT2D eigenvalue weighted by molar-refractivity contribution is -0.156. The van der Waals surface area contributed by atoms with Gasteiger partial charge >= 0.3 is 6.09 Å². The molecule has 2 aliphatic heterocycles. The maximum absolute atomic E-state index is 15.4. The number of hydrogen-bond donors (Lipinski definition) is 3. The molecule has 2 saturated carbocycles. The summed E-state index contributed by atoms with van der Waals surface area (Å²) < 4.78 is 83.5. The van der Waals surface area contributed by atoms with Gasteiger partial charge in [0, 0.05) is 38.7 Å². The Kier molecular flexibility index (Phi) is 12.3. The Morgan fingerprint density at radius 2 is 1.80 bits per heavy atom. The Labute approximate surface area is 354 Å². The Morgan fingerprint density at radius 1 is 1.11 bits per heavy atom. The van der Waals surface area contributed by atoms with E-state index >= 15 is 13.6 Å². The van der Waals surface area contributed by atoms with Crippen LogP contribution in [0.2, 0.25) is 0 Å². The fraction of sp³-hybridized carbons (Fsp3) is 0.643. The number of pyridine rings is 1. The van der Waals surface area contributed by atoms with Crippen molar-refractivity contribution in [2.45, 2.75) is 119 Å². The van der Waals surface area contributed by atoms with Crippen LogP contribution in [-0.4, -0.2) is 126 Å². The van der Waals surface area contributed by atoms with Crippen molar-refractivity contribution in [2.24, 2.45) is 17.8 Å². The molecule has 2 aliphatic carbocycles. The number of methoxy groups -OCH3 is 1. The number of nitrogens with zero attached hydrogens (tertiary/aromatic N) is 4. The molecular weight excluding hydrogens is 822 g/mol. The number of carbonyl (C=O) groups excluding carboxylic acids is 3. The van der Waals surface area contributed by atoms with Crippen LogP contribution in [-0.2, 0) is 24.4 Å². The van der Waals surface area contributed by atoms with Gasteiger partial charge in [-0.3, -0.25) is 24.0 Å². The Balaban J connectivity index is 1.45. The predicted molar refractivity (Wildman–Crippen MR) is 221 cm³/mol. The van der Waals surface area contributed by atoms with Crippen LogP contribution >= 0.6 is 0 Å². The minimum Gasteiger partial charge on any atom is -0.497 e. The summed E-state index contributed by atoms with van der Waals surface area (Å²) in [5.74, 6) is -6.87. The Morgan fingerprint density at radius 3 is 2.39 bits per heavy atom. The molecule has 1 aromatic heterocycles. The number of amides is 4. The van der Waals surface area contributed by atoms with Crippen LogP contribution in [0.15, 0.2) is 36.4 Å². The molecule has 4 amide bonds. The number of hydrogen-bond acceptors (Lipinski definition) is 10. The van der Waals surface area contributed by atoms with Crippen LogP contribution in [0.3, 0.4) is 0 Å². The average molecular weight is 879 g/mol. The number of halogens is 3. The van der Waals surface area contributed by atoms with Crippen LogP contribution < -0.4 is 24.4 Å². The van der Waals surface area contributed by atoms with E-state index in [1.807, 2.05) is 17.7 Å². The highest BCUT2D eigenvalue weighted by molar-refractivity contribution is 7.91. The molecule has 19 heteroatoms. The molecule has 1 aromatic carbocycles. The molecule has 336 valence electrons. The molecule has 61 heavy (non-hydrogen) atoms. The lowest BCUT2D eigenvalue weighted by Gasteiger charge is -2.47. The molecule has 0 bridgehead atoms. The third-order valence-corrected chi connectivity index (χ3v) is 15.2. The first-order chi connectivity index (χ1) is 28.4. The second kappa shape index (κ2) is 16.5. The number of anilines is 1. The van der Waals surface area contributed by atoms with Crippen molar-refractivity contribution in [3.63, 3.8) is 0 Å². The standard InChI is InChI=1S/C42H57F3N6O9S/c1-24-11-9-10-12-27-21-42(27,37(54)48-61(57,58)41(23-43)15-16-41)47-34(52)31-20-29(60-35-30-14-13-28(59-8)18-26(30)19-32(46-35)49(6)7)22-50(31)36(53)33(25(2)17-24)51(38(55)56)39(3,4)40(5,44)45/h10,12-14,18-19,24-25,27,29,31,33H,9,11,15-17,20-23H2,1-8H3,(H,47,52)(H,48,54)(H,55,56)/b12-10-/t24-,25+,27+,29+,31-,33-,42+/m0/s1. The van der Waals surface area contributed by atoms with Gasteiger partial charge in [0.15, 0.2) is 0 Å². The van der Waals surface area contributed by atoms with E-state index in [2.05, 4.69) is 5.32 Å². The molecule has 6 rings (SSSR count). The summed E-state index contributed by atoms with van der Waals surface area (Å²) in [5, 5.41) is 14.7. The van der Waals surface area contributed by atoms with Crippen molar-refractivity contribution in [1.29, 1.82) is 0 Å². The van der Waals surface area contributed by atoms with Gasteiger partial charge in [0.05, 0.1) is 13.7 Å². The van der Waals surface area contributed by atoms with E-state index in [4.69, 9.17) is 14.5 Å². The Hall–Kier alpha value is -4.81. The van der Waals surface area contributed by atoms with Gasteiger partial charge in [-0.2, -0.15) is 4.98 Å². The predicted octanol–water partition coefficient (Wildman–Crippen LogP) is 5.28. The van der Waals surface area contributed by atoms with Gasteiger partial charge in [0.1, 0.15) is 52.3 Å². The van der Waals surface area contributed by atoms with Gasteiger partial charge in [-0.15, -0.1) is 0 Å². The number of nitrogens with one attached hydrogen (secondary N) is 2. The molecular formula is C42H57F3N6O9S. The number of fused-ring (bicyclic) bond motifs is 3. The first-order valence-electron chi connectivity index (χ1n) is 20.6. The summed E-state index contributed by atoms with van der Waals surface area (Å²) >= 11 is 0. The van der Waals surface area contributed by atoms with E-state index in [1.165, 1.54) is 7.11 Å². The SMILES string of the molecule is COc1ccc2c(O[C@@H]3C[C@H]4C(=O)N[C@]5(C(=O)NS(=O)(=O)C6(CF)CC6)C[C@H]5/C=C\CC[C@H](C)C[C@@H](C)[C@H](N(C(=O)O)C(C)(C)C(C)(F)F)C(=O)N4C3)nc(N(C)C)cc2c1. The van der Waals surface area contributed by atoms with Gasteiger partial charge in [-0.25, -0.2) is 26.4 Å². The number of alkyl halides is 3. The van der Waals surface area contributed by atoms with Crippen LogP contribution in [0.5, 0.6) is 11.6 Å². The zero-order chi connectivity index (χ0) is 45.0. The number of aromatic nitrogens is 1. The third kappa shape index (κ3) is 8.67. The van der Waals surface area contributed by atoms with Gasteiger partial charge in [0.25, 0.3) is 11.8 Å². The number of carboxylic acid groups (broad SMARTS) is 1. The van der Waals surface area contributed by atoms with Crippen molar-refractivity contribution in [2.75, 3.05) is 39.3 Å². The normalized spacial score (nSPS) is 28.6. The topological polar surface area (TPSA) is 188 Å². The smallest absolute Gasteiger partial charge is 0.408 e. The van der Waals surface area contributed by atoms with Crippen LogP contribution in [0.25, 0.3) is 10.8 Å². The average Bonchev–Trinajstić information content (AvgIpc) is 4.08. The van der Waals surface area contributed by atoms with Crippen molar-refractivity contribution in [1.82, 2.24) is 24.8 Å². The maximum atomic E-state index is 15.4. The molecule has 4 aliphatic rings. The van der Waals surface area contributed by atoms with Crippen LogP contribution in [0, 0.1) is 17.8 Å². The highest BCUT2D eigenvalue weighted by atomic mass is 32.2. The minimum atomic E-state index is -4.48. The second-order valence-electron chi connectivity index (χ2n) is 18.1. The van der Waals surface area contributed by atoms with Gasteiger partial charge < -0.3 is 29.7 Å². The minimum absolute atomic E-state index is 0.00170. The molecule has 0 radical (unpaired) electrons. The van der Waals surface area contributed by atoms with Gasteiger partial charge in [0.2, 0.25) is 27.7 Å². The van der Waals surface area contributed by atoms with E-state index in [0.29, 0.717) is 47.0 Å². The highest BCUT2D eigenvalue weighted by Gasteiger charge is 2.64. The quantitative estimate of drug-likeness (QED) is 0.250. The molecule has 0 spiro atoms. The van der Waals surface area contributed by atoms with Gasteiger partial charge in [-0.05, 0) is 93.9 Å². The molecule has 0 unspecified atom stereocenters. The van der Waals surface area contributed by atoms with Crippen LogP contribution in [0.1, 0.15) is 79.6 Å². The first kappa shape index (κ1) is 45.7. The monoisotopic (exact) mass is 878 g/mol. The number of rotatable bonds is 11. The zero-order valence-corrected chi connectivity index (χ0v) is 36.7. The first-order valence-corrected chi connectivity index (χ1v) is 22.0. The van der Waals surface area contributed by atoms with E-state index in [9.17, 15) is 32.3 Å². The lowest BCUT2D eigenvalue weighted by Crippen LogP contribution is -2.66. The van der Waals surface area contributed by atoms with Crippen LogP contribution in [0.4, 0.5) is 23.8 Å². The van der Waals surface area contributed by atoms with E-state index in [1.54, 1.807) is 56.3 Å². The third-order valence-electron chi connectivity index (χ3n) is 13.1. The molecule has 2 aromatic rings. The molecule has 7 atom stereocenters. The molecule has 3 fully saturated rings. The van der Waals surface area contributed by atoms with E-state index in [0.717, 1.165) is 18.7 Å². The number of carbonyl (C=O) groups is 4. The lowest BCUT2D eigenvalue weighted by atomic mass is 9.84. The second-order valence-corrected chi connectivity index (χ2v) is 20.2. The maximum Gasteiger partial charge on any atom is 0.408 e.